The highest BCUT2D eigenvalue weighted by Gasteiger charge is 2.73. The molecule has 1 aromatic heterocycles. The molecule has 1 aromatic carbocycles. The van der Waals surface area contributed by atoms with Crippen LogP contribution in [-0.2, 0) is 23.3 Å². The second-order valence-electron chi connectivity index (χ2n) is 8.19. The first-order valence-electron chi connectivity index (χ1n) is 10.1. The van der Waals surface area contributed by atoms with E-state index in [-0.39, 0.29) is 36.3 Å². The van der Waals surface area contributed by atoms with E-state index in [2.05, 4.69) is 4.98 Å². The minimum absolute atomic E-state index is 0.0966. The molecule has 10 heteroatoms. The van der Waals surface area contributed by atoms with E-state index >= 15 is 0 Å². The lowest BCUT2D eigenvalue weighted by Crippen LogP contribution is -2.50. The Balaban J connectivity index is 1.59. The molecule has 0 unspecified atom stereocenters. The summed E-state index contributed by atoms with van der Waals surface area (Å²) in [5.74, 6) is -0.305. The van der Waals surface area contributed by atoms with Gasteiger partial charge in [0.15, 0.2) is 0 Å². The van der Waals surface area contributed by atoms with Crippen molar-refractivity contribution in [3.05, 3.63) is 65.0 Å². The van der Waals surface area contributed by atoms with Gasteiger partial charge in [-0.25, -0.2) is 4.39 Å². The number of aryl methyl sites for hydroxylation is 1. The Morgan fingerprint density at radius 1 is 0.969 bits per heavy atom. The molecule has 4 rings (SSSR count). The van der Waals surface area contributed by atoms with E-state index in [0.29, 0.717) is 37.1 Å². The molecule has 0 N–H and O–H groups in total. The number of pyridine rings is 1. The number of carbonyl (C=O) groups excluding carboxylic acids is 1. The highest BCUT2D eigenvalue weighted by molar-refractivity contribution is 5.79. The second-order valence-corrected chi connectivity index (χ2v) is 8.19. The number of aromatic nitrogens is 1. The van der Waals surface area contributed by atoms with Crippen LogP contribution < -0.4 is 0 Å². The Labute approximate surface area is 179 Å². The van der Waals surface area contributed by atoms with E-state index < -0.39 is 23.6 Å². The number of alkyl halides is 7. The molecule has 0 bridgehead atoms. The molecule has 2 atom stereocenters. The van der Waals surface area contributed by atoms with Gasteiger partial charge in [0.2, 0.25) is 5.91 Å². The summed E-state index contributed by atoms with van der Waals surface area (Å²) in [5, 5.41) is 0. The Hall–Kier alpha value is -2.65. The lowest BCUT2D eigenvalue weighted by molar-refractivity contribution is -0.348. The Kier molecular flexibility index (Phi) is 5.45. The number of amides is 1. The summed E-state index contributed by atoms with van der Waals surface area (Å²) in [7, 11) is 0. The van der Waals surface area contributed by atoms with Crippen LogP contribution in [0.3, 0.4) is 0 Å². The summed E-state index contributed by atoms with van der Waals surface area (Å²) in [6.45, 7) is 0.443. The number of hydrogen-bond acceptors (Lipinski definition) is 2. The average Bonchev–Trinajstić information content (AvgIpc) is 3.16. The molecule has 172 valence electrons. The summed E-state index contributed by atoms with van der Waals surface area (Å²) < 4.78 is 93.1. The van der Waals surface area contributed by atoms with Gasteiger partial charge in [0, 0.05) is 36.5 Å². The number of fused-ring (bicyclic) bond motifs is 3. The van der Waals surface area contributed by atoms with E-state index in [9.17, 15) is 35.5 Å². The average molecular weight is 460 g/mol. The van der Waals surface area contributed by atoms with Crippen molar-refractivity contribution in [2.45, 2.75) is 55.7 Å². The maximum absolute atomic E-state index is 14.4. The summed E-state index contributed by atoms with van der Waals surface area (Å²) >= 11 is 0. The van der Waals surface area contributed by atoms with Crippen LogP contribution in [0.1, 0.15) is 41.0 Å². The standard InChI is InChI=1S/C22H19F7N2O/c23-20(21(24,25)26,22(27,28)29)15-2-3-16-14(12-15)1-4-18-17(16)7-10-31(18)19(32)11-13-5-8-30-9-6-13/h2-3,5-6,8-9,12,17-18H,1,4,7,10-11H2/t17-,18+/m0/s1. The maximum Gasteiger partial charge on any atom is 0.435 e. The Morgan fingerprint density at radius 2 is 1.62 bits per heavy atom. The number of hydrogen-bond donors (Lipinski definition) is 0. The van der Waals surface area contributed by atoms with Crippen LogP contribution in [0.2, 0.25) is 0 Å². The number of benzene rings is 1. The molecular weight excluding hydrogens is 441 g/mol. The van der Waals surface area contributed by atoms with Gasteiger partial charge in [-0.2, -0.15) is 26.3 Å². The van der Waals surface area contributed by atoms with Gasteiger partial charge in [-0.05, 0) is 48.1 Å². The van der Waals surface area contributed by atoms with E-state index in [4.69, 9.17) is 0 Å². The molecule has 0 spiro atoms. The molecule has 1 aliphatic carbocycles. The monoisotopic (exact) mass is 460 g/mol. The lowest BCUT2D eigenvalue weighted by atomic mass is 9.77. The molecule has 3 nitrogen and oxygen atoms in total. The largest absolute Gasteiger partial charge is 0.435 e. The normalized spacial score (nSPS) is 21.3. The van der Waals surface area contributed by atoms with Gasteiger partial charge >= 0.3 is 18.0 Å². The summed E-state index contributed by atoms with van der Waals surface area (Å²) in [5.41, 5.74) is -5.25. The van der Waals surface area contributed by atoms with Crippen molar-refractivity contribution in [3.63, 3.8) is 0 Å². The van der Waals surface area contributed by atoms with Crippen LogP contribution in [0.15, 0.2) is 42.7 Å². The third-order valence-electron chi connectivity index (χ3n) is 6.40. The van der Waals surface area contributed by atoms with Crippen LogP contribution in [0.5, 0.6) is 0 Å². The van der Waals surface area contributed by atoms with Crippen molar-refractivity contribution in [2.75, 3.05) is 6.54 Å². The zero-order valence-corrected chi connectivity index (χ0v) is 16.7. The number of halogens is 7. The highest BCUT2D eigenvalue weighted by atomic mass is 19.4. The van der Waals surface area contributed by atoms with E-state index in [1.54, 1.807) is 29.4 Å². The number of likely N-dealkylation sites (tertiary alicyclic amines) is 1. The predicted molar refractivity (Wildman–Crippen MR) is 100 cm³/mol. The van der Waals surface area contributed by atoms with Crippen LogP contribution in [-0.4, -0.2) is 40.7 Å². The summed E-state index contributed by atoms with van der Waals surface area (Å²) in [6, 6.07) is 5.69. The van der Waals surface area contributed by atoms with E-state index in [1.807, 2.05) is 0 Å². The van der Waals surface area contributed by atoms with Gasteiger partial charge in [0.1, 0.15) is 0 Å². The molecular formula is C22H19F7N2O. The molecule has 32 heavy (non-hydrogen) atoms. The van der Waals surface area contributed by atoms with Crippen LogP contribution in [0.4, 0.5) is 30.7 Å². The van der Waals surface area contributed by atoms with Gasteiger partial charge in [-0.15, -0.1) is 0 Å². The van der Waals surface area contributed by atoms with E-state index in [1.165, 1.54) is 0 Å². The molecule has 1 saturated heterocycles. The zero-order chi connectivity index (χ0) is 23.3. The Bertz CT molecular complexity index is 990. The fourth-order valence-electron chi connectivity index (χ4n) is 4.85. The van der Waals surface area contributed by atoms with Crippen molar-refractivity contribution in [1.29, 1.82) is 0 Å². The van der Waals surface area contributed by atoms with Gasteiger partial charge in [0.05, 0.1) is 6.42 Å². The maximum atomic E-state index is 14.4. The minimum atomic E-state index is -6.14. The molecule has 1 fully saturated rings. The van der Waals surface area contributed by atoms with Crippen LogP contribution >= 0.6 is 0 Å². The molecule has 2 aromatic rings. The number of carbonyl (C=O) groups is 1. The third kappa shape index (κ3) is 3.63. The first-order chi connectivity index (χ1) is 14.9. The quantitative estimate of drug-likeness (QED) is 0.587. The topological polar surface area (TPSA) is 33.2 Å². The van der Waals surface area contributed by atoms with Gasteiger partial charge in [-0.3, -0.25) is 9.78 Å². The van der Waals surface area contributed by atoms with Crippen LogP contribution in [0.25, 0.3) is 0 Å². The van der Waals surface area contributed by atoms with Gasteiger partial charge in [0.25, 0.3) is 0 Å². The minimum Gasteiger partial charge on any atom is -0.339 e. The molecule has 2 aliphatic rings. The zero-order valence-electron chi connectivity index (χ0n) is 16.7. The van der Waals surface area contributed by atoms with Crippen molar-refractivity contribution < 1.29 is 35.5 Å². The van der Waals surface area contributed by atoms with Crippen molar-refractivity contribution >= 4 is 5.91 Å². The molecule has 1 amide bonds. The molecule has 1 aliphatic heterocycles. The van der Waals surface area contributed by atoms with Crippen LogP contribution in [0, 0.1) is 0 Å². The SMILES string of the molecule is O=C(Cc1ccncc1)N1CC[C@H]2c3ccc(C(F)(C(F)(F)F)C(F)(F)F)cc3CC[C@H]21. The smallest absolute Gasteiger partial charge is 0.339 e. The highest BCUT2D eigenvalue weighted by Crippen LogP contribution is 2.54. The van der Waals surface area contributed by atoms with Gasteiger partial charge < -0.3 is 4.90 Å². The first kappa shape index (κ1) is 22.5. The van der Waals surface area contributed by atoms with Crippen molar-refractivity contribution in [3.8, 4) is 0 Å². The molecule has 0 saturated carbocycles. The van der Waals surface area contributed by atoms with Crippen molar-refractivity contribution in [2.24, 2.45) is 0 Å². The van der Waals surface area contributed by atoms with Crippen molar-refractivity contribution in [1.82, 2.24) is 9.88 Å². The fraction of sp³-hybridized carbons (Fsp3) is 0.455. The lowest BCUT2D eigenvalue weighted by Gasteiger charge is -2.35. The summed E-state index contributed by atoms with van der Waals surface area (Å²) in [4.78, 5) is 18.4. The number of rotatable bonds is 3. The Morgan fingerprint density at radius 3 is 2.25 bits per heavy atom. The number of nitrogens with zero attached hydrogens (tertiary/aromatic N) is 2. The second kappa shape index (κ2) is 7.74. The first-order valence-corrected chi connectivity index (χ1v) is 10.1. The third-order valence-corrected chi connectivity index (χ3v) is 6.40. The predicted octanol–water partition coefficient (Wildman–Crippen LogP) is 5.24. The molecule has 0 radical (unpaired) electrons. The van der Waals surface area contributed by atoms with E-state index in [0.717, 1.165) is 11.6 Å². The fourth-order valence-corrected chi connectivity index (χ4v) is 4.85. The van der Waals surface area contributed by atoms with Gasteiger partial charge in [-0.1, -0.05) is 18.2 Å². The molecule has 2 heterocycles. The summed E-state index contributed by atoms with van der Waals surface area (Å²) in [6.07, 6.45) is -7.85.